The Hall–Kier alpha value is -3.63. The van der Waals surface area contributed by atoms with E-state index in [9.17, 15) is 18.0 Å². The van der Waals surface area contributed by atoms with Gasteiger partial charge in [0.15, 0.2) is 5.82 Å². The molecule has 3 heterocycles. The molecule has 1 fully saturated rings. The summed E-state index contributed by atoms with van der Waals surface area (Å²) < 4.78 is 42.2. The van der Waals surface area contributed by atoms with Crippen LogP contribution in [0.4, 0.5) is 19.0 Å². The normalized spacial score (nSPS) is 19.1. The maximum atomic E-state index is 13.5. The van der Waals surface area contributed by atoms with E-state index in [1.165, 1.54) is 19.3 Å². The number of benzene rings is 1. The van der Waals surface area contributed by atoms with Crippen LogP contribution in [0.25, 0.3) is 27.8 Å². The van der Waals surface area contributed by atoms with E-state index in [1.807, 2.05) is 0 Å². The number of nitrogen functional groups attached to an aromatic ring is 1. The second kappa shape index (κ2) is 8.30. The number of nitrogens with two attached hydrogens (primary N) is 1. The van der Waals surface area contributed by atoms with Gasteiger partial charge in [-0.05, 0) is 43.7 Å². The molecule has 1 aliphatic carbocycles. The number of carbonyl (C=O) groups is 1. The summed E-state index contributed by atoms with van der Waals surface area (Å²) in [6.07, 6.45) is 0.442. The smallest absolute Gasteiger partial charge is 0.382 e. The Kier molecular flexibility index (Phi) is 5.41. The van der Waals surface area contributed by atoms with Crippen LogP contribution in [0.15, 0.2) is 30.6 Å². The van der Waals surface area contributed by atoms with Gasteiger partial charge < -0.3 is 16.0 Å². The van der Waals surface area contributed by atoms with E-state index in [2.05, 4.69) is 20.4 Å². The van der Waals surface area contributed by atoms with Crippen molar-refractivity contribution in [1.29, 1.82) is 0 Å². The van der Waals surface area contributed by atoms with Crippen LogP contribution in [0.3, 0.4) is 0 Å². The highest BCUT2D eigenvalue weighted by Crippen LogP contribution is 2.40. The molecule has 4 N–H and O–H groups in total. The number of H-pyrrole nitrogens is 1. The maximum absolute atomic E-state index is 13.5. The van der Waals surface area contributed by atoms with Gasteiger partial charge in [0.2, 0.25) is 5.91 Å². The van der Waals surface area contributed by atoms with Crippen LogP contribution in [0.2, 0.25) is 0 Å². The van der Waals surface area contributed by atoms with Crippen LogP contribution in [0.5, 0.6) is 0 Å². The topological polar surface area (TPSA) is 114 Å². The van der Waals surface area contributed by atoms with Crippen molar-refractivity contribution >= 4 is 28.1 Å². The van der Waals surface area contributed by atoms with E-state index < -0.39 is 11.7 Å². The minimum absolute atomic E-state index is 0.00148. The number of amides is 1. The molecule has 0 atom stereocenters. The summed E-state index contributed by atoms with van der Waals surface area (Å²) in [5.74, 6) is 1.40. The molecular weight excluding hydrogens is 447 g/mol. The SMILES string of the molecule is CC(=O)NCC1CCC(c2nc(-c3cc4cccc(C(F)(F)F)c4[nH]3)c3c(N)ncnn23)CC1. The van der Waals surface area contributed by atoms with Crippen LogP contribution in [-0.2, 0) is 11.0 Å². The third kappa shape index (κ3) is 3.95. The predicted molar refractivity (Wildman–Crippen MR) is 121 cm³/mol. The number of para-hydroxylation sites is 1. The molecule has 3 aromatic heterocycles. The lowest BCUT2D eigenvalue weighted by molar-refractivity contribution is -0.136. The number of imidazole rings is 1. The van der Waals surface area contributed by atoms with Crippen LogP contribution in [0, 0.1) is 5.92 Å². The van der Waals surface area contributed by atoms with Crippen molar-refractivity contribution in [3.8, 4) is 11.4 Å². The van der Waals surface area contributed by atoms with Gasteiger partial charge in [0.05, 0.1) is 16.8 Å². The molecule has 1 amide bonds. The molecular formula is C23H24F3N7O. The first-order valence-corrected chi connectivity index (χ1v) is 11.1. The van der Waals surface area contributed by atoms with Crippen molar-refractivity contribution in [2.75, 3.05) is 12.3 Å². The molecule has 5 rings (SSSR count). The molecule has 0 aliphatic heterocycles. The number of halogens is 3. The molecule has 0 saturated heterocycles. The Morgan fingerprint density at radius 1 is 1.26 bits per heavy atom. The summed E-state index contributed by atoms with van der Waals surface area (Å²) in [4.78, 5) is 23.0. The van der Waals surface area contributed by atoms with Gasteiger partial charge in [0, 0.05) is 24.8 Å². The monoisotopic (exact) mass is 471 g/mol. The number of rotatable bonds is 4. The predicted octanol–water partition coefficient (Wildman–Crippen LogP) is 4.28. The average Bonchev–Trinajstić information content (AvgIpc) is 3.39. The van der Waals surface area contributed by atoms with Crippen LogP contribution in [0.1, 0.15) is 49.9 Å². The molecule has 1 saturated carbocycles. The van der Waals surface area contributed by atoms with Crippen molar-refractivity contribution in [3.05, 3.63) is 42.0 Å². The highest BCUT2D eigenvalue weighted by molar-refractivity contribution is 5.92. The second-order valence-electron chi connectivity index (χ2n) is 8.83. The molecule has 34 heavy (non-hydrogen) atoms. The number of hydrogen-bond donors (Lipinski definition) is 3. The van der Waals surface area contributed by atoms with E-state index in [4.69, 9.17) is 10.7 Å². The molecule has 11 heteroatoms. The van der Waals surface area contributed by atoms with Crippen molar-refractivity contribution in [2.45, 2.75) is 44.7 Å². The summed E-state index contributed by atoms with van der Waals surface area (Å²) in [5.41, 5.74) is 6.77. The molecule has 0 unspecified atom stereocenters. The van der Waals surface area contributed by atoms with Gasteiger partial charge >= 0.3 is 6.18 Å². The van der Waals surface area contributed by atoms with E-state index in [0.717, 1.165) is 31.7 Å². The zero-order chi connectivity index (χ0) is 24.0. The van der Waals surface area contributed by atoms with Crippen LogP contribution >= 0.6 is 0 Å². The van der Waals surface area contributed by atoms with E-state index in [-0.39, 0.29) is 23.2 Å². The number of alkyl halides is 3. The fourth-order valence-corrected chi connectivity index (χ4v) is 4.86. The quantitative estimate of drug-likeness (QED) is 0.411. The fraction of sp³-hybridized carbons (Fsp3) is 0.391. The summed E-state index contributed by atoms with van der Waals surface area (Å²) in [6.45, 7) is 2.16. The van der Waals surface area contributed by atoms with Crippen molar-refractivity contribution in [2.24, 2.45) is 5.92 Å². The maximum Gasteiger partial charge on any atom is 0.418 e. The van der Waals surface area contributed by atoms with Gasteiger partial charge in [0.1, 0.15) is 23.4 Å². The van der Waals surface area contributed by atoms with Crippen molar-refractivity contribution < 1.29 is 18.0 Å². The molecule has 1 aromatic carbocycles. The summed E-state index contributed by atoms with van der Waals surface area (Å²) >= 11 is 0. The molecule has 4 aromatic rings. The van der Waals surface area contributed by atoms with E-state index in [0.29, 0.717) is 40.6 Å². The Morgan fingerprint density at radius 2 is 2.03 bits per heavy atom. The highest BCUT2D eigenvalue weighted by atomic mass is 19.4. The third-order valence-electron chi connectivity index (χ3n) is 6.55. The van der Waals surface area contributed by atoms with Crippen molar-refractivity contribution in [1.82, 2.24) is 29.9 Å². The first-order valence-electron chi connectivity index (χ1n) is 11.1. The highest BCUT2D eigenvalue weighted by Gasteiger charge is 2.34. The minimum Gasteiger partial charge on any atom is -0.382 e. The summed E-state index contributed by atoms with van der Waals surface area (Å²) in [6, 6.07) is 5.71. The zero-order valence-corrected chi connectivity index (χ0v) is 18.5. The van der Waals surface area contributed by atoms with E-state index >= 15 is 0 Å². The average molecular weight is 471 g/mol. The van der Waals surface area contributed by atoms with Gasteiger partial charge in [-0.15, -0.1) is 0 Å². The van der Waals surface area contributed by atoms with Gasteiger partial charge in [-0.3, -0.25) is 4.79 Å². The van der Waals surface area contributed by atoms with E-state index in [1.54, 1.807) is 16.6 Å². The van der Waals surface area contributed by atoms with Crippen LogP contribution in [-0.4, -0.2) is 37.0 Å². The summed E-state index contributed by atoms with van der Waals surface area (Å²) in [7, 11) is 0. The van der Waals surface area contributed by atoms with Gasteiger partial charge in [-0.1, -0.05) is 12.1 Å². The number of carbonyl (C=O) groups excluding carboxylic acids is 1. The Bertz CT molecular complexity index is 1370. The third-order valence-corrected chi connectivity index (χ3v) is 6.55. The lowest BCUT2D eigenvalue weighted by atomic mass is 9.81. The van der Waals surface area contributed by atoms with Gasteiger partial charge in [-0.25, -0.2) is 14.5 Å². The Morgan fingerprint density at radius 3 is 2.74 bits per heavy atom. The standard InChI is InChI=1S/C23H24F3N7O/c1-12(34)28-10-13-5-7-14(8-6-13)22-32-19(20-21(27)29-11-30-33(20)22)17-9-15-3-2-4-16(18(15)31-17)23(24,25)26/h2-4,9,11,13-14,31H,5-8,10H2,1H3,(H,28,34)(H2,27,29,30). The lowest BCUT2D eigenvalue weighted by Crippen LogP contribution is -2.29. The number of aromatic amines is 1. The van der Waals surface area contributed by atoms with Gasteiger partial charge in [-0.2, -0.15) is 18.3 Å². The Balaban J connectivity index is 1.54. The van der Waals surface area contributed by atoms with Crippen molar-refractivity contribution in [3.63, 3.8) is 0 Å². The lowest BCUT2D eigenvalue weighted by Gasteiger charge is -2.27. The molecule has 0 spiro atoms. The zero-order valence-electron chi connectivity index (χ0n) is 18.5. The first-order chi connectivity index (χ1) is 16.2. The number of anilines is 1. The first kappa shape index (κ1) is 22.2. The molecule has 0 bridgehead atoms. The fourth-order valence-electron chi connectivity index (χ4n) is 4.86. The Labute approximate surface area is 192 Å². The number of nitrogens with one attached hydrogen (secondary N) is 2. The van der Waals surface area contributed by atoms with Crippen LogP contribution < -0.4 is 11.1 Å². The summed E-state index contributed by atoms with van der Waals surface area (Å²) in [5, 5.41) is 7.68. The minimum atomic E-state index is -4.49. The molecule has 0 radical (unpaired) electrons. The largest absolute Gasteiger partial charge is 0.418 e. The molecule has 1 aliphatic rings. The molecule has 8 nitrogen and oxygen atoms in total. The number of aromatic nitrogens is 5. The van der Waals surface area contributed by atoms with Gasteiger partial charge in [0.25, 0.3) is 0 Å². The number of fused-ring (bicyclic) bond motifs is 2. The number of nitrogens with zero attached hydrogens (tertiary/aromatic N) is 4. The second-order valence-corrected chi connectivity index (χ2v) is 8.83. The molecule has 178 valence electrons. The number of hydrogen-bond acceptors (Lipinski definition) is 5.